The van der Waals surface area contributed by atoms with Crippen LogP contribution < -0.4 is 47.3 Å². The molecule has 17 unspecified atom stereocenters. The van der Waals surface area contributed by atoms with Crippen LogP contribution in [0.25, 0.3) is 0 Å². The minimum Gasteiger partial charge on any atom is -0.286 e. The predicted molar refractivity (Wildman–Crippen MR) is 195 cm³/mol. The van der Waals surface area contributed by atoms with Crippen molar-refractivity contribution in [3.63, 3.8) is 0 Å². The number of sulfonamides is 1. The first-order valence-corrected chi connectivity index (χ1v) is 22.2. The molecule has 4 aliphatic carbocycles. The Morgan fingerprint density at radius 3 is 1.16 bits per heavy atom. The molecule has 1 aromatic carbocycles. The molecule has 1 aromatic rings. The van der Waals surface area contributed by atoms with Gasteiger partial charge in [-0.1, -0.05) is 63.1 Å². The Morgan fingerprint density at radius 1 is 0.420 bits per heavy atom. The van der Waals surface area contributed by atoms with Crippen molar-refractivity contribution in [2.75, 3.05) is 4.72 Å². The molecule has 17 atom stereocenters. The average Bonchev–Trinajstić information content (AvgIpc) is 3.87. The minimum absolute atomic E-state index is 0.0350. The van der Waals surface area contributed by atoms with Crippen molar-refractivity contribution in [3.05, 3.63) is 30.3 Å². The van der Waals surface area contributed by atoms with Gasteiger partial charge in [0, 0.05) is 11.6 Å². The fraction of sp³-hybridized carbons (Fsp3) is 0.842. The SMILES string of the molecule is O=S(=O)(Nc1ccccc1)C1CCCC2C3NC4NC(NC5NC(NC6NC(NC(N3)C21)C1CCCCC61)C1CCCCC51)C1CCCCC41. The van der Waals surface area contributed by atoms with Crippen LogP contribution in [0.5, 0.6) is 0 Å². The topological polar surface area (TPSA) is 142 Å². The van der Waals surface area contributed by atoms with Crippen molar-refractivity contribution >= 4 is 15.7 Å². The normalized spacial score (nSPS) is 50.1. The first-order valence-electron chi connectivity index (χ1n) is 20.7. The summed E-state index contributed by atoms with van der Waals surface area (Å²) in [4.78, 5) is 0. The first-order chi connectivity index (χ1) is 24.5. The lowest BCUT2D eigenvalue weighted by molar-refractivity contribution is 0.168. The van der Waals surface area contributed by atoms with Crippen LogP contribution in [0, 0.1) is 47.3 Å². The van der Waals surface area contributed by atoms with E-state index in [4.69, 9.17) is 0 Å². The summed E-state index contributed by atoms with van der Waals surface area (Å²) < 4.78 is 31.7. The lowest BCUT2D eigenvalue weighted by Gasteiger charge is -2.39. The maximum Gasteiger partial charge on any atom is 0.236 e. The van der Waals surface area contributed by atoms with E-state index in [1.807, 2.05) is 30.3 Å². The van der Waals surface area contributed by atoms with Crippen molar-refractivity contribution in [2.24, 2.45) is 47.3 Å². The van der Waals surface area contributed by atoms with Gasteiger partial charge in [0.2, 0.25) is 10.0 Å². The number of para-hydroxylation sites is 1. The van der Waals surface area contributed by atoms with Crippen LogP contribution in [0.3, 0.4) is 0 Å². The Labute approximate surface area is 299 Å². The average molecular weight is 708 g/mol. The summed E-state index contributed by atoms with van der Waals surface area (Å²) in [6.45, 7) is 0. The summed E-state index contributed by atoms with van der Waals surface area (Å²) in [5.74, 6) is 3.78. The van der Waals surface area contributed by atoms with Gasteiger partial charge in [-0.25, -0.2) is 8.42 Å². The summed E-state index contributed by atoms with van der Waals surface area (Å²) in [5.41, 5.74) is 0.654. The van der Waals surface area contributed by atoms with Crippen LogP contribution in [0.1, 0.15) is 96.3 Å². The van der Waals surface area contributed by atoms with E-state index >= 15 is 0 Å². The van der Waals surface area contributed by atoms with Crippen LogP contribution >= 0.6 is 0 Å². The smallest absolute Gasteiger partial charge is 0.236 e. The Bertz CT molecular complexity index is 1470. The fourth-order valence-corrected chi connectivity index (χ4v) is 15.0. The van der Waals surface area contributed by atoms with E-state index in [9.17, 15) is 8.42 Å². The summed E-state index contributed by atoms with van der Waals surface area (Å²) >= 11 is 0. The molecule has 276 valence electrons. The molecule has 0 radical (unpaired) electrons. The Kier molecular flexibility index (Phi) is 8.97. The molecule has 5 aliphatic heterocycles. The van der Waals surface area contributed by atoms with Crippen molar-refractivity contribution in [1.82, 2.24) is 42.5 Å². The highest BCUT2D eigenvalue weighted by atomic mass is 32.2. The second-order valence-corrected chi connectivity index (χ2v) is 19.6. The Balaban J connectivity index is 1.00. The third kappa shape index (κ3) is 5.87. The molecule has 12 heteroatoms. The molecule has 9 aliphatic rings. The highest BCUT2D eigenvalue weighted by Crippen LogP contribution is 2.46. The predicted octanol–water partition coefficient (Wildman–Crippen LogP) is 3.03. The van der Waals surface area contributed by atoms with Crippen LogP contribution in [0.4, 0.5) is 5.69 Å². The van der Waals surface area contributed by atoms with Gasteiger partial charge >= 0.3 is 0 Å². The molecule has 10 rings (SSSR count). The Hall–Kier alpha value is -1.35. The van der Waals surface area contributed by atoms with Gasteiger partial charge in [-0.3, -0.25) is 47.3 Å². The molecule has 8 bridgehead atoms. The second-order valence-electron chi connectivity index (χ2n) is 17.7. The molecule has 4 saturated carbocycles. The zero-order valence-electron chi connectivity index (χ0n) is 29.5. The number of rotatable bonds is 3. The molecule has 5 saturated heterocycles. The molecule has 0 spiro atoms. The molecule has 9 fully saturated rings. The zero-order valence-corrected chi connectivity index (χ0v) is 30.3. The van der Waals surface area contributed by atoms with Crippen LogP contribution in [-0.4, -0.2) is 63.0 Å². The number of fused-ring (bicyclic) bond motifs is 20. The number of benzene rings is 1. The van der Waals surface area contributed by atoms with Crippen LogP contribution in [-0.2, 0) is 10.0 Å². The lowest BCUT2D eigenvalue weighted by Crippen LogP contribution is -2.62. The standard InChI is InChI=1S/C38H61N9O2S/c48-50(49,47-21-11-2-1-3-12-21)29-20-10-19-28-30(29)38-45-36-27-18-9-8-17-26(27)34(43-36)41-32-23-14-5-4-13-22(23)31(39-32)40-33-24-15-6-7-16-25(24)35(42-33)44-37(28)46-38/h1-3,11-12,22-47H,4-10,13-20H2. The van der Waals surface area contributed by atoms with E-state index in [0.717, 1.165) is 12.8 Å². The molecule has 11 nitrogen and oxygen atoms in total. The molecular formula is C38H61N9O2S. The third-order valence-corrected chi connectivity index (χ3v) is 17.1. The van der Waals surface area contributed by atoms with E-state index < -0.39 is 15.3 Å². The van der Waals surface area contributed by atoms with Gasteiger partial charge in [0.05, 0.1) is 54.6 Å². The molecule has 9 N–H and O–H groups in total. The maximum absolute atomic E-state index is 14.3. The number of nitrogens with one attached hydrogen (secondary N) is 9. The quantitative estimate of drug-likeness (QED) is 0.230. The second kappa shape index (κ2) is 13.5. The summed E-state index contributed by atoms with van der Waals surface area (Å²) in [6.07, 6.45) is 19.6. The molecule has 0 amide bonds. The maximum atomic E-state index is 14.3. The van der Waals surface area contributed by atoms with E-state index in [-0.39, 0.29) is 48.8 Å². The van der Waals surface area contributed by atoms with Gasteiger partial charge in [0.15, 0.2) is 0 Å². The lowest BCUT2D eigenvalue weighted by atomic mass is 9.76. The van der Waals surface area contributed by atoms with Crippen LogP contribution in [0.2, 0.25) is 0 Å². The summed E-state index contributed by atoms with van der Waals surface area (Å²) in [5, 5.41) is 32.7. The van der Waals surface area contributed by atoms with Crippen molar-refractivity contribution in [1.29, 1.82) is 0 Å². The van der Waals surface area contributed by atoms with Crippen molar-refractivity contribution in [2.45, 2.75) is 151 Å². The van der Waals surface area contributed by atoms with Gasteiger partial charge in [-0.05, 0) is 105 Å². The largest absolute Gasteiger partial charge is 0.286 e. The number of hydrogen-bond acceptors (Lipinski definition) is 10. The van der Waals surface area contributed by atoms with E-state index in [1.165, 1.54) is 77.0 Å². The van der Waals surface area contributed by atoms with E-state index in [0.29, 0.717) is 59.9 Å². The van der Waals surface area contributed by atoms with Gasteiger partial charge in [-0.2, -0.15) is 0 Å². The summed E-state index contributed by atoms with van der Waals surface area (Å²) in [7, 11) is -3.62. The highest BCUT2D eigenvalue weighted by Gasteiger charge is 2.57. The number of anilines is 1. The first kappa shape index (κ1) is 33.2. The van der Waals surface area contributed by atoms with Gasteiger partial charge < -0.3 is 0 Å². The van der Waals surface area contributed by atoms with Gasteiger partial charge in [-0.15, -0.1) is 0 Å². The monoisotopic (exact) mass is 707 g/mol. The molecule has 50 heavy (non-hydrogen) atoms. The minimum atomic E-state index is -3.62. The number of hydrogen-bond donors (Lipinski definition) is 9. The third-order valence-electron chi connectivity index (χ3n) is 15.3. The fourth-order valence-electron chi connectivity index (χ4n) is 13.1. The Morgan fingerprint density at radius 2 is 0.760 bits per heavy atom. The van der Waals surface area contributed by atoms with Gasteiger partial charge in [0.25, 0.3) is 0 Å². The van der Waals surface area contributed by atoms with E-state index in [2.05, 4.69) is 47.3 Å². The van der Waals surface area contributed by atoms with Gasteiger partial charge in [0.1, 0.15) is 0 Å². The molecular weight excluding hydrogens is 647 g/mol. The van der Waals surface area contributed by atoms with Crippen molar-refractivity contribution < 1.29 is 8.42 Å². The highest BCUT2D eigenvalue weighted by molar-refractivity contribution is 7.93. The van der Waals surface area contributed by atoms with E-state index in [1.54, 1.807) is 0 Å². The van der Waals surface area contributed by atoms with Crippen molar-refractivity contribution in [3.8, 4) is 0 Å². The molecule has 0 aromatic heterocycles. The molecule has 5 heterocycles. The summed E-state index contributed by atoms with van der Waals surface area (Å²) in [6, 6.07) is 9.47. The zero-order chi connectivity index (χ0) is 33.4. The van der Waals surface area contributed by atoms with Crippen LogP contribution in [0.15, 0.2) is 30.3 Å².